The predicted octanol–water partition coefficient (Wildman–Crippen LogP) is 3.34. The van der Waals surface area contributed by atoms with Gasteiger partial charge in [-0.3, -0.25) is 0 Å². The minimum atomic E-state index is 0.329. The largest absolute Gasteiger partial charge is 0.307 e. The highest BCUT2D eigenvalue weighted by atomic mass is 15.0. The Hall–Kier alpha value is -0.0400. The third kappa shape index (κ3) is 2.98. The molecular formula is C12H25N. The summed E-state index contributed by atoms with van der Waals surface area (Å²) in [4.78, 5) is 0. The Kier molecular flexibility index (Phi) is 3.06. The van der Waals surface area contributed by atoms with Crippen LogP contribution in [0.5, 0.6) is 0 Å². The summed E-state index contributed by atoms with van der Waals surface area (Å²) < 4.78 is 0. The van der Waals surface area contributed by atoms with Crippen LogP contribution in [0.1, 0.15) is 60.3 Å². The number of rotatable bonds is 1. The highest BCUT2D eigenvalue weighted by molar-refractivity contribution is 4.94. The Balaban J connectivity index is 2.74. The van der Waals surface area contributed by atoms with E-state index >= 15 is 0 Å². The first-order valence-electron chi connectivity index (χ1n) is 5.66. The van der Waals surface area contributed by atoms with Gasteiger partial charge in [-0.2, -0.15) is 0 Å². The molecule has 0 aromatic carbocycles. The van der Waals surface area contributed by atoms with Gasteiger partial charge in [0.15, 0.2) is 0 Å². The van der Waals surface area contributed by atoms with Crippen LogP contribution in [0.2, 0.25) is 0 Å². The summed E-state index contributed by atoms with van der Waals surface area (Å²) in [5.41, 5.74) is 0.689. The molecule has 13 heavy (non-hydrogen) atoms. The van der Waals surface area contributed by atoms with Crippen molar-refractivity contribution in [3.8, 4) is 0 Å². The van der Waals surface area contributed by atoms with Crippen LogP contribution < -0.4 is 5.32 Å². The van der Waals surface area contributed by atoms with Gasteiger partial charge >= 0.3 is 0 Å². The summed E-state index contributed by atoms with van der Waals surface area (Å²) in [6.07, 6.45) is 5.24. The van der Waals surface area contributed by atoms with Crippen LogP contribution in [0.3, 0.4) is 0 Å². The quantitative estimate of drug-likeness (QED) is 0.657. The highest BCUT2D eigenvalue weighted by Gasteiger charge is 2.34. The van der Waals surface area contributed by atoms with Crippen molar-refractivity contribution < 1.29 is 0 Å². The summed E-state index contributed by atoms with van der Waals surface area (Å²) in [6.45, 7) is 11.7. The van der Waals surface area contributed by atoms with Crippen LogP contribution in [0.15, 0.2) is 0 Å². The average Bonchev–Trinajstić information content (AvgIpc) is 2.09. The maximum atomic E-state index is 3.81. The van der Waals surface area contributed by atoms with E-state index in [9.17, 15) is 0 Å². The molecular weight excluding hydrogens is 158 g/mol. The van der Waals surface area contributed by atoms with Gasteiger partial charge in [0.1, 0.15) is 0 Å². The second-order valence-corrected chi connectivity index (χ2v) is 5.77. The topological polar surface area (TPSA) is 12.0 Å². The minimum Gasteiger partial charge on any atom is -0.307 e. The van der Waals surface area contributed by atoms with Gasteiger partial charge < -0.3 is 5.32 Å². The SMILES string of the molecule is CCC1(C)CC(C)CCC(C)(C)N1. The van der Waals surface area contributed by atoms with E-state index in [0.717, 1.165) is 5.92 Å². The van der Waals surface area contributed by atoms with Crippen molar-refractivity contribution in [2.75, 3.05) is 0 Å². The van der Waals surface area contributed by atoms with Gasteiger partial charge in [-0.1, -0.05) is 13.8 Å². The van der Waals surface area contributed by atoms with Crippen LogP contribution in [0, 0.1) is 5.92 Å². The maximum Gasteiger partial charge on any atom is 0.0158 e. The van der Waals surface area contributed by atoms with E-state index in [1.54, 1.807) is 0 Å². The molecule has 2 atom stereocenters. The zero-order chi connectivity index (χ0) is 10.1. The maximum absolute atomic E-state index is 3.81. The van der Waals surface area contributed by atoms with Crippen molar-refractivity contribution in [1.82, 2.24) is 5.32 Å². The summed E-state index contributed by atoms with van der Waals surface area (Å²) in [5, 5.41) is 3.81. The molecule has 2 unspecified atom stereocenters. The van der Waals surface area contributed by atoms with Crippen molar-refractivity contribution in [3.05, 3.63) is 0 Å². The molecule has 1 rings (SSSR count). The van der Waals surface area contributed by atoms with Gasteiger partial charge in [-0.15, -0.1) is 0 Å². The lowest BCUT2D eigenvalue weighted by molar-refractivity contribution is 0.236. The molecule has 0 bridgehead atoms. The Morgan fingerprint density at radius 2 is 1.92 bits per heavy atom. The molecule has 1 N–H and O–H groups in total. The fourth-order valence-corrected chi connectivity index (χ4v) is 2.64. The number of nitrogens with one attached hydrogen (secondary N) is 1. The molecule has 1 aliphatic rings. The Morgan fingerprint density at radius 3 is 2.46 bits per heavy atom. The summed E-state index contributed by atoms with van der Waals surface area (Å²) >= 11 is 0. The Morgan fingerprint density at radius 1 is 1.31 bits per heavy atom. The zero-order valence-electron chi connectivity index (χ0n) is 9.91. The van der Waals surface area contributed by atoms with Crippen LogP contribution in [-0.2, 0) is 0 Å². The molecule has 0 aromatic rings. The zero-order valence-corrected chi connectivity index (χ0v) is 9.91. The molecule has 0 radical (unpaired) electrons. The fourth-order valence-electron chi connectivity index (χ4n) is 2.64. The first-order chi connectivity index (χ1) is 5.87. The molecule has 0 aliphatic carbocycles. The predicted molar refractivity (Wildman–Crippen MR) is 58.9 cm³/mol. The molecule has 0 saturated carbocycles. The van der Waals surface area contributed by atoms with E-state index in [-0.39, 0.29) is 0 Å². The number of hydrogen-bond acceptors (Lipinski definition) is 1. The van der Waals surface area contributed by atoms with E-state index in [4.69, 9.17) is 0 Å². The molecule has 1 saturated heterocycles. The van der Waals surface area contributed by atoms with Crippen molar-refractivity contribution >= 4 is 0 Å². The molecule has 1 fully saturated rings. The van der Waals surface area contributed by atoms with Gasteiger partial charge in [0.05, 0.1) is 0 Å². The van der Waals surface area contributed by atoms with Gasteiger partial charge in [0.2, 0.25) is 0 Å². The minimum absolute atomic E-state index is 0.329. The molecule has 1 aliphatic heterocycles. The fraction of sp³-hybridized carbons (Fsp3) is 1.00. The Labute approximate surface area is 83.3 Å². The van der Waals surface area contributed by atoms with Gasteiger partial charge in [0, 0.05) is 11.1 Å². The van der Waals surface area contributed by atoms with Gasteiger partial charge in [-0.05, 0) is 52.4 Å². The molecule has 1 heteroatoms. The van der Waals surface area contributed by atoms with Gasteiger partial charge in [0.25, 0.3) is 0 Å². The molecule has 78 valence electrons. The number of hydrogen-bond donors (Lipinski definition) is 1. The van der Waals surface area contributed by atoms with E-state index in [2.05, 4.69) is 39.9 Å². The van der Waals surface area contributed by atoms with Crippen molar-refractivity contribution in [3.63, 3.8) is 0 Å². The lowest BCUT2D eigenvalue weighted by Gasteiger charge is -2.37. The van der Waals surface area contributed by atoms with Crippen molar-refractivity contribution in [2.45, 2.75) is 71.4 Å². The lowest BCUT2D eigenvalue weighted by Crippen LogP contribution is -2.52. The van der Waals surface area contributed by atoms with Crippen LogP contribution in [0.25, 0.3) is 0 Å². The van der Waals surface area contributed by atoms with Gasteiger partial charge in [-0.25, -0.2) is 0 Å². The molecule has 0 aromatic heterocycles. The molecule has 0 amide bonds. The van der Waals surface area contributed by atoms with Crippen LogP contribution in [-0.4, -0.2) is 11.1 Å². The normalized spacial score (nSPS) is 39.9. The monoisotopic (exact) mass is 183 g/mol. The van der Waals surface area contributed by atoms with Crippen LogP contribution >= 0.6 is 0 Å². The summed E-state index contributed by atoms with van der Waals surface area (Å²) in [6, 6.07) is 0. The third-order valence-corrected chi connectivity index (χ3v) is 3.48. The first-order valence-corrected chi connectivity index (χ1v) is 5.66. The average molecular weight is 183 g/mol. The van der Waals surface area contributed by atoms with E-state index in [0.29, 0.717) is 11.1 Å². The second kappa shape index (κ2) is 3.61. The van der Waals surface area contributed by atoms with E-state index in [1.807, 2.05) is 0 Å². The lowest BCUT2D eigenvalue weighted by atomic mass is 9.87. The van der Waals surface area contributed by atoms with E-state index in [1.165, 1.54) is 25.7 Å². The standard InChI is InChI=1S/C12H25N/c1-6-12(5)9-10(2)7-8-11(3,4)13-12/h10,13H,6-9H2,1-5H3. The second-order valence-electron chi connectivity index (χ2n) is 5.77. The first kappa shape index (κ1) is 11.0. The van der Waals surface area contributed by atoms with Crippen molar-refractivity contribution in [1.29, 1.82) is 0 Å². The van der Waals surface area contributed by atoms with E-state index < -0.39 is 0 Å². The third-order valence-electron chi connectivity index (χ3n) is 3.48. The summed E-state index contributed by atoms with van der Waals surface area (Å²) in [7, 11) is 0. The molecule has 1 heterocycles. The highest BCUT2D eigenvalue weighted by Crippen LogP contribution is 2.32. The Bertz CT molecular complexity index is 174. The molecule has 1 nitrogen and oxygen atoms in total. The molecule has 0 spiro atoms. The smallest absolute Gasteiger partial charge is 0.0158 e. The van der Waals surface area contributed by atoms with Crippen LogP contribution in [0.4, 0.5) is 0 Å². The summed E-state index contributed by atoms with van der Waals surface area (Å²) in [5.74, 6) is 0.874. The van der Waals surface area contributed by atoms with Crippen molar-refractivity contribution in [2.24, 2.45) is 5.92 Å².